The summed E-state index contributed by atoms with van der Waals surface area (Å²) < 4.78 is 0. The van der Waals surface area contributed by atoms with Gasteiger partial charge in [-0.1, -0.05) is 26.8 Å². The van der Waals surface area contributed by atoms with Gasteiger partial charge in [-0.3, -0.25) is 4.79 Å². The molecule has 4 heteroatoms. The first-order valence-corrected chi connectivity index (χ1v) is 6.68. The van der Waals surface area contributed by atoms with Crippen molar-refractivity contribution in [1.29, 1.82) is 0 Å². The van der Waals surface area contributed by atoms with Crippen LogP contribution in [0.1, 0.15) is 31.7 Å². The molecule has 0 spiro atoms. The second-order valence-electron chi connectivity index (χ2n) is 5.45. The fraction of sp³-hybridized carbons (Fsp3) is 0.615. The first kappa shape index (κ1) is 14.2. The maximum absolute atomic E-state index is 11.8. The van der Waals surface area contributed by atoms with Crippen molar-refractivity contribution >= 4 is 17.2 Å². The molecule has 1 atom stereocenters. The third-order valence-corrected chi connectivity index (χ3v) is 3.61. The molecule has 0 radical (unpaired) electrons. The molecule has 0 aliphatic rings. The predicted molar refractivity (Wildman–Crippen MR) is 73.2 cm³/mol. The Labute approximate surface area is 108 Å². The summed E-state index contributed by atoms with van der Waals surface area (Å²) in [6, 6.07) is 4.40. The van der Waals surface area contributed by atoms with Crippen LogP contribution in [0.4, 0.5) is 0 Å². The molecule has 1 amide bonds. The summed E-state index contributed by atoms with van der Waals surface area (Å²) in [5, 5.41) is 5.09. The van der Waals surface area contributed by atoms with Gasteiger partial charge in [0.1, 0.15) is 0 Å². The van der Waals surface area contributed by atoms with Gasteiger partial charge in [0.2, 0.25) is 5.91 Å². The maximum atomic E-state index is 11.8. The monoisotopic (exact) mass is 254 g/mol. The number of carbonyl (C=O) groups excluding carboxylic acids is 1. The highest BCUT2D eigenvalue weighted by Gasteiger charge is 2.23. The van der Waals surface area contributed by atoms with Gasteiger partial charge in [0, 0.05) is 16.8 Å². The Morgan fingerprint density at radius 3 is 2.53 bits per heavy atom. The smallest absolute Gasteiger partial charge is 0.225 e. The third kappa shape index (κ3) is 4.13. The molecule has 0 aliphatic heterocycles. The summed E-state index contributed by atoms with van der Waals surface area (Å²) in [4.78, 5) is 15.3. The van der Waals surface area contributed by atoms with E-state index in [1.807, 2.05) is 40.9 Å². The van der Waals surface area contributed by atoms with Crippen molar-refractivity contribution in [2.75, 3.05) is 20.6 Å². The normalized spacial score (nSPS) is 13.8. The van der Waals surface area contributed by atoms with Crippen molar-refractivity contribution in [3.8, 4) is 0 Å². The number of nitrogens with zero attached hydrogens (tertiary/aromatic N) is 1. The number of likely N-dealkylation sites (N-methyl/N-ethyl adjacent to an activating group) is 1. The van der Waals surface area contributed by atoms with Crippen LogP contribution in [0.2, 0.25) is 0 Å². The molecular weight excluding hydrogens is 232 g/mol. The van der Waals surface area contributed by atoms with Gasteiger partial charge in [-0.15, -0.1) is 11.3 Å². The summed E-state index contributed by atoms with van der Waals surface area (Å²) in [6.45, 7) is 6.44. The number of thiophene rings is 1. The van der Waals surface area contributed by atoms with E-state index < -0.39 is 0 Å². The predicted octanol–water partition coefficient (Wildman–Crippen LogP) is 2.51. The van der Waals surface area contributed by atoms with Crippen molar-refractivity contribution in [2.45, 2.75) is 26.8 Å². The van der Waals surface area contributed by atoms with Gasteiger partial charge in [0.25, 0.3) is 0 Å². The maximum Gasteiger partial charge on any atom is 0.225 e. The van der Waals surface area contributed by atoms with Crippen molar-refractivity contribution in [2.24, 2.45) is 5.41 Å². The molecule has 0 bridgehead atoms. The zero-order valence-electron chi connectivity index (χ0n) is 11.3. The van der Waals surface area contributed by atoms with Crippen LogP contribution < -0.4 is 5.32 Å². The number of nitrogens with one attached hydrogen (secondary N) is 1. The van der Waals surface area contributed by atoms with Crippen LogP contribution in [0.5, 0.6) is 0 Å². The van der Waals surface area contributed by atoms with E-state index in [4.69, 9.17) is 0 Å². The first-order chi connectivity index (χ1) is 7.82. The molecule has 0 aliphatic carbocycles. The Hall–Kier alpha value is -0.870. The van der Waals surface area contributed by atoms with Crippen molar-refractivity contribution in [1.82, 2.24) is 10.2 Å². The first-order valence-electron chi connectivity index (χ1n) is 5.80. The molecule has 0 fully saturated rings. The molecule has 3 nitrogen and oxygen atoms in total. The summed E-state index contributed by atoms with van der Waals surface area (Å²) in [5.74, 6) is 0.0981. The summed E-state index contributed by atoms with van der Waals surface area (Å²) in [6.07, 6.45) is 0. The molecule has 1 aromatic rings. The lowest BCUT2D eigenvalue weighted by Gasteiger charge is -2.25. The van der Waals surface area contributed by atoms with E-state index >= 15 is 0 Å². The lowest BCUT2D eigenvalue weighted by Crippen LogP contribution is -2.39. The number of rotatable bonds is 4. The largest absolute Gasteiger partial charge is 0.354 e. The SMILES string of the molecule is CN(C)[C@@H](CNC(=O)C(C)(C)C)c1cccs1. The average Bonchev–Trinajstić information content (AvgIpc) is 2.69. The van der Waals surface area contributed by atoms with E-state index in [1.165, 1.54) is 4.88 Å². The minimum atomic E-state index is -0.327. The van der Waals surface area contributed by atoms with Crippen LogP contribution in [0.3, 0.4) is 0 Å². The van der Waals surface area contributed by atoms with Crippen LogP contribution in [0.15, 0.2) is 17.5 Å². The highest BCUT2D eigenvalue weighted by Crippen LogP contribution is 2.23. The van der Waals surface area contributed by atoms with E-state index in [9.17, 15) is 4.79 Å². The number of hydrogen-bond acceptors (Lipinski definition) is 3. The lowest BCUT2D eigenvalue weighted by molar-refractivity contribution is -0.128. The number of amides is 1. The standard InChI is InChI=1S/C13H22N2OS/c1-13(2,3)12(16)14-9-10(15(4)5)11-7-6-8-17-11/h6-8,10H,9H2,1-5H3,(H,14,16)/t10-/m0/s1. The van der Waals surface area contributed by atoms with Crippen LogP contribution >= 0.6 is 11.3 Å². The van der Waals surface area contributed by atoms with Gasteiger partial charge in [-0.25, -0.2) is 0 Å². The highest BCUT2D eigenvalue weighted by atomic mass is 32.1. The molecule has 0 aromatic carbocycles. The molecule has 1 aromatic heterocycles. The summed E-state index contributed by atoms with van der Waals surface area (Å²) >= 11 is 1.73. The van der Waals surface area contributed by atoms with Crippen molar-refractivity contribution in [3.63, 3.8) is 0 Å². The molecule has 0 saturated heterocycles. The second-order valence-corrected chi connectivity index (χ2v) is 6.43. The van der Waals surface area contributed by atoms with E-state index in [0.717, 1.165) is 0 Å². The summed E-state index contributed by atoms with van der Waals surface area (Å²) in [7, 11) is 4.07. The van der Waals surface area contributed by atoms with Gasteiger partial charge < -0.3 is 10.2 Å². The van der Waals surface area contributed by atoms with Crippen LogP contribution in [0.25, 0.3) is 0 Å². The topological polar surface area (TPSA) is 32.3 Å². The van der Waals surface area contributed by atoms with Crippen molar-refractivity contribution in [3.05, 3.63) is 22.4 Å². The van der Waals surface area contributed by atoms with Gasteiger partial charge >= 0.3 is 0 Å². The van der Waals surface area contributed by atoms with Crippen LogP contribution in [-0.2, 0) is 4.79 Å². The van der Waals surface area contributed by atoms with E-state index in [-0.39, 0.29) is 17.4 Å². The van der Waals surface area contributed by atoms with E-state index in [1.54, 1.807) is 11.3 Å². The van der Waals surface area contributed by atoms with Crippen molar-refractivity contribution < 1.29 is 4.79 Å². The minimum Gasteiger partial charge on any atom is -0.354 e. The zero-order chi connectivity index (χ0) is 13.1. The molecular formula is C13H22N2OS. The molecule has 1 N–H and O–H groups in total. The Morgan fingerprint density at radius 1 is 1.47 bits per heavy atom. The Bertz CT molecular complexity index is 352. The third-order valence-electron chi connectivity index (χ3n) is 2.63. The Morgan fingerprint density at radius 2 is 2.12 bits per heavy atom. The lowest BCUT2D eigenvalue weighted by atomic mass is 9.95. The number of carbonyl (C=O) groups is 1. The molecule has 1 rings (SSSR count). The fourth-order valence-corrected chi connectivity index (χ4v) is 2.40. The Kier molecular flexibility index (Phi) is 4.71. The van der Waals surface area contributed by atoms with Gasteiger partial charge in [0.15, 0.2) is 0 Å². The molecule has 0 saturated carbocycles. The van der Waals surface area contributed by atoms with Gasteiger partial charge in [-0.05, 0) is 25.5 Å². The van der Waals surface area contributed by atoms with Crippen LogP contribution in [-0.4, -0.2) is 31.4 Å². The quantitative estimate of drug-likeness (QED) is 0.895. The van der Waals surface area contributed by atoms with E-state index in [2.05, 4.69) is 21.7 Å². The van der Waals surface area contributed by atoms with Crippen LogP contribution in [0, 0.1) is 5.41 Å². The average molecular weight is 254 g/mol. The fourth-order valence-electron chi connectivity index (χ4n) is 1.47. The minimum absolute atomic E-state index is 0.0981. The van der Waals surface area contributed by atoms with Gasteiger partial charge in [-0.2, -0.15) is 0 Å². The molecule has 0 unspecified atom stereocenters. The van der Waals surface area contributed by atoms with E-state index in [0.29, 0.717) is 6.54 Å². The second kappa shape index (κ2) is 5.65. The van der Waals surface area contributed by atoms with Gasteiger partial charge in [0.05, 0.1) is 6.04 Å². The summed E-state index contributed by atoms with van der Waals surface area (Å²) in [5.41, 5.74) is -0.327. The highest BCUT2D eigenvalue weighted by molar-refractivity contribution is 7.10. The molecule has 1 heterocycles. The molecule has 96 valence electrons. The Balaban J connectivity index is 2.61. The zero-order valence-corrected chi connectivity index (χ0v) is 12.1. The molecule has 17 heavy (non-hydrogen) atoms. The number of hydrogen-bond donors (Lipinski definition) is 1.